The number of nitrogens with zero attached hydrogens (tertiary/aromatic N) is 5. The molecule has 0 radical (unpaired) electrons. The van der Waals surface area contributed by atoms with Crippen LogP contribution >= 0.6 is 11.6 Å². The van der Waals surface area contributed by atoms with E-state index in [1.54, 1.807) is 6.20 Å². The first kappa shape index (κ1) is 15.5. The number of anilines is 2. The van der Waals surface area contributed by atoms with E-state index in [9.17, 15) is 0 Å². The third-order valence-corrected chi connectivity index (χ3v) is 3.98. The van der Waals surface area contributed by atoms with E-state index in [4.69, 9.17) is 11.6 Å². The Kier molecular flexibility index (Phi) is 3.82. The van der Waals surface area contributed by atoms with Gasteiger partial charge in [-0.2, -0.15) is 5.10 Å². The van der Waals surface area contributed by atoms with Crippen LogP contribution in [0.3, 0.4) is 0 Å². The molecule has 0 spiro atoms. The summed E-state index contributed by atoms with van der Waals surface area (Å²) in [6.07, 6.45) is 1.76. The van der Waals surface area contributed by atoms with Crippen LogP contribution in [0.5, 0.6) is 0 Å². The number of para-hydroxylation sites is 1. The van der Waals surface area contributed by atoms with Crippen molar-refractivity contribution in [1.29, 1.82) is 0 Å². The second kappa shape index (κ2) is 6.14. The Balaban J connectivity index is 1.75. The number of hydrogen-bond acceptors (Lipinski definition) is 5. The molecule has 0 amide bonds. The minimum Gasteiger partial charge on any atom is -0.339 e. The van der Waals surface area contributed by atoms with Gasteiger partial charge in [-0.05, 0) is 43.6 Å². The number of nitrogens with one attached hydrogen (secondary N) is 1. The van der Waals surface area contributed by atoms with Gasteiger partial charge in [-0.3, -0.25) is 0 Å². The molecule has 0 aliphatic carbocycles. The zero-order valence-corrected chi connectivity index (χ0v) is 14.5. The minimum atomic E-state index is 0.213. The first-order valence-corrected chi connectivity index (χ1v) is 8.17. The zero-order valence-electron chi connectivity index (χ0n) is 13.7. The summed E-state index contributed by atoms with van der Waals surface area (Å²) in [5.41, 5.74) is 4.31. The lowest BCUT2D eigenvalue weighted by molar-refractivity contribution is 0.878. The van der Waals surface area contributed by atoms with E-state index in [0.29, 0.717) is 5.82 Å². The van der Waals surface area contributed by atoms with Gasteiger partial charge < -0.3 is 5.32 Å². The molecule has 0 aliphatic heterocycles. The van der Waals surface area contributed by atoms with Crippen molar-refractivity contribution in [2.24, 2.45) is 0 Å². The SMILES string of the molecule is Cc1cc(Nc2cnc3c(c2)c(C)nn3-c2ccccc2)nc(Cl)n1. The summed E-state index contributed by atoms with van der Waals surface area (Å²) < 4.78 is 1.85. The summed E-state index contributed by atoms with van der Waals surface area (Å²) in [7, 11) is 0. The van der Waals surface area contributed by atoms with Gasteiger partial charge in [-0.1, -0.05) is 18.2 Å². The van der Waals surface area contributed by atoms with Crippen molar-refractivity contribution in [1.82, 2.24) is 24.7 Å². The Labute approximate surface area is 149 Å². The number of hydrogen-bond donors (Lipinski definition) is 1. The number of pyridine rings is 1. The normalized spacial score (nSPS) is 11.0. The van der Waals surface area contributed by atoms with Crippen LogP contribution in [0.2, 0.25) is 5.28 Å². The van der Waals surface area contributed by atoms with Crippen molar-refractivity contribution in [3.05, 3.63) is 65.3 Å². The maximum Gasteiger partial charge on any atom is 0.224 e. The van der Waals surface area contributed by atoms with Crippen LogP contribution in [0, 0.1) is 13.8 Å². The Bertz CT molecular complexity index is 1040. The largest absolute Gasteiger partial charge is 0.339 e. The molecule has 4 rings (SSSR count). The van der Waals surface area contributed by atoms with Gasteiger partial charge in [0.05, 0.1) is 23.3 Å². The highest BCUT2D eigenvalue weighted by atomic mass is 35.5. The highest BCUT2D eigenvalue weighted by Crippen LogP contribution is 2.24. The van der Waals surface area contributed by atoms with Gasteiger partial charge in [-0.25, -0.2) is 19.6 Å². The molecule has 0 aliphatic rings. The van der Waals surface area contributed by atoms with Gasteiger partial charge in [0.25, 0.3) is 0 Å². The predicted octanol–water partition coefficient (Wildman–Crippen LogP) is 4.22. The van der Waals surface area contributed by atoms with Gasteiger partial charge in [0.1, 0.15) is 5.82 Å². The van der Waals surface area contributed by atoms with E-state index in [-0.39, 0.29) is 5.28 Å². The number of aromatic nitrogens is 5. The van der Waals surface area contributed by atoms with Crippen LogP contribution in [0.15, 0.2) is 48.7 Å². The van der Waals surface area contributed by atoms with E-state index >= 15 is 0 Å². The van der Waals surface area contributed by atoms with Crippen molar-refractivity contribution < 1.29 is 0 Å². The number of rotatable bonds is 3. The molecule has 7 heteroatoms. The van der Waals surface area contributed by atoms with Crippen molar-refractivity contribution in [3.63, 3.8) is 0 Å². The van der Waals surface area contributed by atoms with E-state index in [1.165, 1.54) is 0 Å². The quantitative estimate of drug-likeness (QED) is 0.560. The Morgan fingerprint density at radius 2 is 1.84 bits per heavy atom. The fourth-order valence-corrected chi connectivity index (χ4v) is 2.93. The molecule has 0 saturated heterocycles. The monoisotopic (exact) mass is 350 g/mol. The third kappa shape index (κ3) is 3.04. The Morgan fingerprint density at radius 3 is 2.60 bits per heavy atom. The fraction of sp³-hybridized carbons (Fsp3) is 0.111. The molecule has 6 nitrogen and oxygen atoms in total. The minimum absolute atomic E-state index is 0.213. The average Bonchev–Trinajstić information content (AvgIpc) is 2.91. The smallest absolute Gasteiger partial charge is 0.224 e. The molecule has 1 aromatic carbocycles. The molecule has 0 atom stereocenters. The molecule has 3 heterocycles. The molecule has 0 fully saturated rings. The highest BCUT2D eigenvalue weighted by Gasteiger charge is 2.11. The van der Waals surface area contributed by atoms with Gasteiger partial charge >= 0.3 is 0 Å². The van der Waals surface area contributed by atoms with Crippen LogP contribution in [-0.4, -0.2) is 24.7 Å². The van der Waals surface area contributed by atoms with Gasteiger partial charge in [-0.15, -0.1) is 0 Å². The van der Waals surface area contributed by atoms with E-state index in [1.807, 2.05) is 61.0 Å². The number of benzene rings is 1. The van der Waals surface area contributed by atoms with Crippen molar-refractivity contribution in [3.8, 4) is 5.69 Å². The maximum absolute atomic E-state index is 5.92. The topological polar surface area (TPSA) is 68.5 Å². The van der Waals surface area contributed by atoms with E-state index in [2.05, 4.69) is 25.4 Å². The number of aryl methyl sites for hydroxylation is 2. The lowest BCUT2D eigenvalue weighted by Crippen LogP contribution is -1.99. The predicted molar refractivity (Wildman–Crippen MR) is 98.7 cm³/mol. The van der Waals surface area contributed by atoms with Crippen LogP contribution in [0.25, 0.3) is 16.7 Å². The standard InChI is InChI=1S/C18H15ClN6/c1-11-8-16(23-18(19)21-11)22-13-9-15-12(2)24-25(17(15)20-10-13)14-6-4-3-5-7-14/h3-10H,1-2H3,(H,21,22,23). The Morgan fingerprint density at radius 1 is 1.04 bits per heavy atom. The summed E-state index contributed by atoms with van der Waals surface area (Å²) in [4.78, 5) is 12.8. The first-order chi connectivity index (χ1) is 12.1. The molecule has 25 heavy (non-hydrogen) atoms. The lowest BCUT2D eigenvalue weighted by Gasteiger charge is -2.07. The average molecular weight is 351 g/mol. The van der Waals surface area contributed by atoms with Crippen molar-refractivity contribution in [2.45, 2.75) is 13.8 Å². The van der Waals surface area contributed by atoms with Crippen molar-refractivity contribution >= 4 is 34.1 Å². The van der Waals surface area contributed by atoms with Gasteiger partial charge in [0.2, 0.25) is 5.28 Å². The van der Waals surface area contributed by atoms with Gasteiger partial charge in [0.15, 0.2) is 5.65 Å². The molecule has 4 aromatic rings. The second-order valence-electron chi connectivity index (χ2n) is 5.72. The zero-order chi connectivity index (χ0) is 17.4. The molecule has 0 unspecified atom stereocenters. The summed E-state index contributed by atoms with van der Waals surface area (Å²) in [5, 5.41) is 9.03. The van der Waals surface area contributed by atoms with Gasteiger partial charge in [0, 0.05) is 17.1 Å². The van der Waals surface area contributed by atoms with E-state index in [0.717, 1.165) is 33.8 Å². The summed E-state index contributed by atoms with van der Waals surface area (Å²) in [5.74, 6) is 0.631. The molecule has 0 saturated carbocycles. The van der Waals surface area contributed by atoms with Crippen LogP contribution in [-0.2, 0) is 0 Å². The van der Waals surface area contributed by atoms with Crippen LogP contribution < -0.4 is 5.32 Å². The van der Waals surface area contributed by atoms with Crippen molar-refractivity contribution in [2.75, 3.05) is 5.32 Å². The lowest BCUT2D eigenvalue weighted by atomic mass is 10.2. The molecular weight excluding hydrogens is 336 g/mol. The summed E-state index contributed by atoms with van der Waals surface area (Å²) >= 11 is 5.92. The highest BCUT2D eigenvalue weighted by molar-refractivity contribution is 6.28. The Hall–Kier alpha value is -2.99. The van der Waals surface area contributed by atoms with E-state index < -0.39 is 0 Å². The maximum atomic E-state index is 5.92. The first-order valence-electron chi connectivity index (χ1n) is 7.79. The molecule has 0 bridgehead atoms. The molecule has 1 N–H and O–H groups in total. The summed E-state index contributed by atoms with van der Waals surface area (Å²) in [6, 6.07) is 13.8. The van der Waals surface area contributed by atoms with Crippen LogP contribution in [0.4, 0.5) is 11.5 Å². The molecule has 3 aromatic heterocycles. The number of halogens is 1. The third-order valence-electron chi connectivity index (χ3n) is 3.81. The molecule has 124 valence electrons. The number of fused-ring (bicyclic) bond motifs is 1. The molecular formula is C18H15ClN6. The second-order valence-corrected chi connectivity index (χ2v) is 6.05. The summed E-state index contributed by atoms with van der Waals surface area (Å²) in [6.45, 7) is 3.84. The van der Waals surface area contributed by atoms with Crippen LogP contribution in [0.1, 0.15) is 11.4 Å². The fourth-order valence-electron chi connectivity index (χ4n) is 2.71.